The molecule has 5 heteroatoms. The van der Waals surface area contributed by atoms with E-state index in [0.717, 1.165) is 51.4 Å². The maximum atomic E-state index is 12.6. The SMILES string of the molecule is CCCCCCCCC(CCCCCC)COCCCCCCCCN(CCCCO)CCCCCCCC(=O)OCC(CCCCCC)CCCCCCCC. The van der Waals surface area contributed by atoms with Crippen molar-refractivity contribution >= 4 is 5.97 Å². The standard InChI is InChI=1S/C52H105NO4/c1-5-9-13-17-22-30-39-50(38-28-15-11-7-3)48-56-47-37-27-20-19-25-33-43-53(45-35-36-46-54)44-34-26-21-24-32-42-52(55)57-49-51(40-29-16-12-8-4)41-31-23-18-14-10-6-2/h50-51,54H,5-49H2,1-4H3. The highest BCUT2D eigenvalue weighted by Crippen LogP contribution is 2.21. The Morgan fingerprint density at radius 2 is 0.772 bits per heavy atom. The van der Waals surface area contributed by atoms with Crippen LogP contribution >= 0.6 is 0 Å². The molecule has 0 rings (SSSR count). The molecule has 0 fully saturated rings. The minimum absolute atomic E-state index is 0.0237. The van der Waals surface area contributed by atoms with E-state index < -0.39 is 0 Å². The van der Waals surface area contributed by atoms with E-state index in [9.17, 15) is 9.90 Å². The van der Waals surface area contributed by atoms with Gasteiger partial charge in [-0.25, -0.2) is 0 Å². The summed E-state index contributed by atoms with van der Waals surface area (Å²) in [6.07, 6.45) is 48.4. The summed E-state index contributed by atoms with van der Waals surface area (Å²) < 4.78 is 12.1. The molecule has 0 heterocycles. The maximum Gasteiger partial charge on any atom is 0.305 e. The fourth-order valence-electron chi connectivity index (χ4n) is 8.47. The fourth-order valence-corrected chi connectivity index (χ4v) is 8.47. The Morgan fingerprint density at radius 3 is 1.23 bits per heavy atom. The van der Waals surface area contributed by atoms with Crippen molar-refractivity contribution < 1.29 is 19.4 Å². The Kier molecular flexibility index (Phi) is 47.5. The molecule has 0 aliphatic heterocycles. The Bertz CT molecular complexity index is 762. The zero-order valence-electron chi connectivity index (χ0n) is 39.6. The highest BCUT2D eigenvalue weighted by Gasteiger charge is 2.13. The van der Waals surface area contributed by atoms with Gasteiger partial charge in [0.1, 0.15) is 0 Å². The number of aliphatic hydroxyl groups is 1. The van der Waals surface area contributed by atoms with Gasteiger partial charge in [-0.15, -0.1) is 0 Å². The van der Waals surface area contributed by atoms with Crippen molar-refractivity contribution in [1.82, 2.24) is 4.90 Å². The summed E-state index contributed by atoms with van der Waals surface area (Å²) in [6.45, 7) is 15.5. The molecule has 2 atom stereocenters. The van der Waals surface area contributed by atoms with Crippen molar-refractivity contribution in [2.75, 3.05) is 46.1 Å². The molecule has 0 radical (unpaired) electrons. The van der Waals surface area contributed by atoms with E-state index in [1.165, 1.54) is 225 Å². The monoisotopic (exact) mass is 808 g/mol. The van der Waals surface area contributed by atoms with Crippen LogP contribution in [-0.4, -0.2) is 62.0 Å². The van der Waals surface area contributed by atoms with Gasteiger partial charge < -0.3 is 19.5 Å². The summed E-state index contributed by atoms with van der Waals surface area (Å²) in [5.74, 6) is 1.35. The second kappa shape index (κ2) is 48.0. The lowest BCUT2D eigenvalue weighted by atomic mass is 9.95. The number of hydrogen-bond acceptors (Lipinski definition) is 5. The second-order valence-electron chi connectivity index (χ2n) is 18.2. The normalized spacial score (nSPS) is 12.8. The molecule has 57 heavy (non-hydrogen) atoms. The van der Waals surface area contributed by atoms with Crippen LogP contribution in [-0.2, 0) is 14.3 Å². The van der Waals surface area contributed by atoms with Crippen molar-refractivity contribution in [3.8, 4) is 0 Å². The summed E-state index contributed by atoms with van der Waals surface area (Å²) in [5.41, 5.74) is 0. The number of hydrogen-bond donors (Lipinski definition) is 1. The predicted molar refractivity (Wildman–Crippen MR) is 250 cm³/mol. The molecule has 0 aromatic rings. The van der Waals surface area contributed by atoms with Crippen LogP contribution < -0.4 is 0 Å². The molecule has 0 saturated carbocycles. The van der Waals surface area contributed by atoms with Gasteiger partial charge in [-0.1, -0.05) is 201 Å². The Hall–Kier alpha value is -0.650. The van der Waals surface area contributed by atoms with Crippen LogP contribution in [0.1, 0.15) is 272 Å². The predicted octanol–water partition coefficient (Wildman–Crippen LogP) is 16.0. The molecule has 2 unspecified atom stereocenters. The van der Waals surface area contributed by atoms with Crippen molar-refractivity contribution in [2.24, 2.45) is 11.8 Å². The zero-order valence-corrected chi connectivity index (χ0v) is 39.6. The summed E-state index contributed by atoms with van der Waals surface area (Å²) in [4.78, 5) is 15.2. The molecule has 5 nitrogen and oxygen atoms in total. The molecule has 0 aromatic heterocycles. The minimum atomic E-state index is 0.0237. The molecule has 0 saturated heterocycles. The van der Waals surface area contributed by atoms with Crippen LogP contribution in [0.2, 0.25) is 0 Å². The number of carbonyl (C=O) groups is 1. The smallest absolute Gasteiger partial charge is 0.305 e. The summed E-state index contributed by atoms with van der Waals surface area (Å²) in [7, 11) is 0. The largest absolute Gasteiger partial charge is 0.465 e. The van der Waals surface area contributed by atoms with Crippen molar-refractivity contribution in [3.63, 3.8) is 0 Å². The number of ether oxygens (including phenoxy) is 2. The highest BCUT2D eigenvalue weighted by atomic mass is 16.5. The van der Waals surface area contributed by atoms with Gasteiger partial charge in [0.15, 0.2) is 0 Å². The summed E-state index contributed by atoms with van der Waals surface area (Å²) in [5, 5.41) is 9.33. The molecule has 0 aliphatic rings. The number of aliphatic hydroxyl groups excluding tert-OH is 1. The third kappa shape index (κ3) is 43.3. The molecule has 0 aromatic carbocycles. The van der Waals surface area contributed by atoms with Gasteiger partial charge in [-0.05, 0) is 95.7 Å². The topological polar surface area (TPSA) is 59.0 Å². The van der Waals surface area contributed by atoms with Gasteiger partial charge in [-0.3, -0.25) is 4.79 Å². The lowest BCUT2D eigenvalue weighted by Crippen LogP contribution is -2.27. The van der Waals surface area contributed by atoms with Gasteiger partial charge in [-0.2, -0.15) is 0 Å². The second-order valence-corrected chi connectivity index (χ2v) is 18.2. The lowest BCUT2D eigenvalue weighted by molar-refractivity contribution is -0.145. The van der Waals surface area contributed by atoms with Crippen LogP contribution in [0.25, 0.3) is 0 Å². The summed E-state index contributed by atoms with van der Waals surface area (Å²) in [6, 6.07) is 0. The van der Waals surface area contributed by atoms with Crippen molar-refractivity contribution in [3.05, 3.63) is 0 Å². The van der Waals surface area contributed by atoms with E-state index in [4.69, 9.17) is 9.47 Å². The van der Waals surface area contributed by atoms with E-state index in [-0.39, 0.29) is 5.97 Å². The molecular formula is C52H105NO4. The van der Waals surface area contributed by atoms with Crippen molar-refractivity contribution in [1.29, 1.82) is 0 Å². The quantitative estimate of drug-likeness (QED) is 0.0490. The van der Waals surface area contributed by atoms with E-state index in [1.54, 1.807) is 0 Å². The zero-order chi connectivity index (χ0) is 41.5. The number of rotatable bonds is 49. The summed E-state index contributed by atoms with van der Waals surface area (Å²) >= 11 is 0. The average Bonchev–Trinajstić information content (AvgIpc) is 3.22. The first-order valence-corrected chi connectivity index (χ1v) is 26.2. The Labute approximate surface area is 358 Å². The fraction of sp³-hybridized carbons (Fsp3) is 0.981. The minimum Gasteiger partial charge on any atom is -0.465 e. The third-order valence-corrected chi connectivity index (χ3v) is 12.4. The first-order valence-electron chi connectivity index (χ1n) is 26.2. The van der Waals surface area contributed by atoms with Crippen LogP contribution in [0.5, 0.6) is 0 Å². The van der Waals surface area contributed by atoms with E-state index in [1.807, 2.05) is 0 Å². The number of unbranched alkanes of at least 4 members (excludes halogenated alkanes) is 26. The van der Waals surface area contributed by atoms with Gasteiger partial charge in [0.25, 0.3) is 0 Å². The molecule has 0 amide bonds. The number of nitrogens with zero attached hydrogens (tertiary/aromatic N) is 1. The van der Waals surface area contributed by atoms with E-state index in [0.29, 0.717) is 25.6 Å². The van der Waals surface area contributed by atoms with Gasteiger partial charge in [0.05, 0.1) is 6.61 Å². The molecular weight excluding hydrogens is 703 g/mol. The van der Waals surface area contributed by atoms with Crippen LogP contribution in [0.15, 0.2) is 0 Å². The van der Waals surface area contributed by atoms with E-state index >= 15 is 0 Å². The first kappa shape index (κ1) is 56.4. The Morgan fingerprint density at radius 1 is 0.421 bits per heavy atom. The number of carbonyl (C=O) groups excluding carboxylic acids is 1. The maximum absolute atomic E-state index is 12.6. The van der Waals surface area contributed by atoms with Gasteiger partial charge in [0.2, 0.25) is 0 Å². The first-order chi connectivity index (χ1) is 28.1. The van der Waals surface area contributed by atoms with E-state index in [2.05, 4.69) is 32.6 Å². The van der Waals surface area contributed by atoms with Crippen molar-refractivity contribution in [2.45, 2.75) is 272 Å². The average molecular weight is 808 g/mol. The number of esters is 1. The lowest BCUT2D eigenvalue weighted by Gasteiger charge is -2.22. The third-order valence-electron chi connectivity index (χ3n) is 12.4. The van der Waals surface area contributed by atoms with Gasteiger partial charge in [0, 0.05) is 26.2 Å². The Balaban J connectivity index is 4.13. The highest BCUT2D eigenvalue weighted by molar-refractivity contribution is 5.69. The molecule has 0 spiro atoms. The molecule has 0 aliphatic carbocycles. The van der Waals surface area contributed by atoms with Crippen LogP contribution in [0.4, 0.5) is 0 Å². The molecule has 1 N–H and O–H groups in total. The van der Waals surface area contributed by atoms with Gasteiger partial charge >= 0.3 is 5.97 Å². The molecule has 0 bridgehead atoms. The van der Waals surface area contributed by atoms with Crippen LogP contribution in [0.3, 0.4) is 0 Å². The van der Waals surface area contributed by atoms with Crippen LogP contribution in [0, 0.1) is 11.8 Å². The molecule has 342 valence electrons.